The quantitative estimate of drug-likeness (QED) is 0.903. The van der Waals surface area contributed by atoms with Crippen LogP contribution in [0.1, 0.15) is 75.5 Å². The molecule has 0 spiro atoms. The number of nitrogens with one attached hydrogen (secondary N) is 1. The van der Waals surface area contributed by atoms with Crippen LogP contribution in [0, 0.1) is 5.92 Å². The maximum absolute atomic E-state index is 5.52. The molecular formula is C16H27N3O2. The fraction of sp³-hybridized carbons (Fsp3) is 0.875. The first-order valence-corrected chi connectivity index (χ1v) is 8.51. The topological polar surface area (TPSA) is 60.2 Å². The maximum atomic E-state index is 5.52. The highest BCUT2D eigenvalue weighted by molar-refractivity contribution is 5.00. The van der Waals surface area contributed by atoms with Gasteiger partial charge in [0.25, 0.3) is 0 Å². The molecule has 1 saturated carbocycles. The molecule has 2 fully saturated rings. The van der Waals surface area contributed by atoms with Crippen molar-refractivity contribution in [2.75, 3.05) is 19.8 Å². The van der Waals surface area contributed by atoms with E-state index in [2.05, 4.69) is 22.4 Å². The molecule has 3 rings (SSSR count). The highest BCUT2D eigenvalue weighted by atomic mass is 16.5. The molecule has 1 unspecified atom stereocenters. The SMILES string of the molecule is CCCCC1CCC(c2nc(C3COCCN3)no2)CC1. The van der Waals surface area contributed by atoms with Crippen LogP contribution in [0.2, 0.25) is 0 Å². The van der Waals surface area contributed by atoms with Gasteiger partial charge in [-0.25, -0.2) is 0 Å². The Morgan fingerprint density at radius 1 is 1.24 bits per heavy atom. The summed E-state index contributed by atoms with van der Waals surface area (Å²) in [5.74, 6) is 2.98. The molecule has 1 aliphatic carbocycles. The number of hydrogen-bond acceptors (Lipinski definition) is 5. The smallest absolute Gasteiger partial charge is 0.229 e. The lowest BCUT2D eigenvalue weighted by Crippen LogP contribution is -2.35. The third kappa shape index (κ3) is 3.83. The van der Waals surface area contributed by atoms with Gasteiger partial charge < -0.3 is 14.6 Å². The van der Waals surface area contributed by atoms with E-state index in [1.807, 2.05) is 0 Å². The summed E-state index contributed by atoms with van der Waals surface area (Å²) < 4.78 is 11.0. The molecule has 5 nitrogen and oxygen atoms in total. The molecule has 2 aliphatic rings. The normalized spacial score (nSPS) is 30.4. The maximum Gasteiger partial charge on any atom is 0.229 e. The zero-order valence-electron chi connectivity index (χ0n) is 13.0. The minimum Gasteiger partial charge on any atom is -0.378 e. The molecule has 1 saturated heterocycles. The first kappa shape index (κ1) is 15.0. The van der Waals surface area contributed by atoms with E-state index in [0.717, 1.165) is 30.8 Å². The van der Waals surface area contributed by atoms with Crippen LogP contribution in [0.15, 0.2) is 4.52 Å². The van der Waals surface area contributed by atoms with Crippen LogP contribution in [0.3, 0.4) is 0 Å². The largest absolute Gasteiger partial charge is 0.378 e. The van der Waals surface area contributed by atoms with E-state index in [4.69, 9.17) is 9.26 Å². The van der Waals surface area contributed by atoms with Gasteiger partial charge in [0.1, 0.15) is 0 Å². The Kier molecular flexibility index (Phi) is 5.25. The van der Waals surface area contributed by atoms with Gasteiger partial charge in [0.2, 0.25) is 5.89 Å². The zero-order valence-corrected chi connectivity index (χ0v) is 13.0. The average Bonchev–Trinajstić information content (AvgIpc) is 3.04. The molecule has 1 aromatic rings. The number of rotatable bonds is 5. The molecular weight excluding hydrogens is 266 g/mol. The summed E-state index contributed by atoms with van der Waals surface area (Å²) in [4.78, 5) is 4.62. The van der Waals surface area contributed by atoms with Gasteiger partial charge in [0.15, 0.2) is 5.82 Å². The summed E-state index contributed by atoms with van der Waals surface area (Å²) in [6.07, 6.45) is 9.09. The minimum atomic E-state index is 0.0946. The molecule has 0 aromatic carbocycles. The summed E-state index contributed by atoms with van der Waals surface area (Å²) in [7, 11) is 0. The first-order chi connectivity index (χ1) is 10.4. The van der Waals surface area contributed by atoms with E-state index in [0.29, 0.717) is 12.5 Å². The van der Waals surface area contributed by atoms with Crippen molar-refractivity contribution in [1.29, 1.82) is 0 Å². The Morgan fingerprint density at radius 3 is 2.81 bits per heavy atom. The van der Waals surface area contributed by atoms with Crippen LogP contribution in [-0.2, 0) is 4.74 Å². The van der Waals surface area contributed by atoms with Gasteiger partial charge in [-0.15, -0.1) is 0 Å². The van der Waals surface area contributed by atoms with Crippen LogP contribution in [-0.4, -0.2) is 29.9 Å². The second-order valence-corrected chi connectivity index (χ2v) is 6.43. The van der Waals surface area contributed by atoms with Gasteiger partial charge in [-0.3, -0.25) is 0 Å². The van der Waals surface area contributed by atoms with Crippen molar-refractivity contribution < 1.29 is 9.26 Å². The molecule has 1 aliphatic heterocycles. The van der Waals surface area contributed by atoms with Crippen LogP contribution in [0.4, 0.5) is 0 Å². The molecule has 1 atom stereocenters. The number of ether oxygens (including phenoxy) is 1. The van der Waals surface area contributed by atoms with Gasteiger partial charge >= 0.3 is 0 Å². The van der Waals surface area contributed by atoms with E-state index >= 15 is 0 Å². The standard InChI is InChI=1S/C16H27N3O2/c1-2-3-4-12-5-7-13(8-6-12)16-18-15(19-21-16)14-11-20-10-9-17-14/h12-14,17H,2-11H2,1H3. The van der Waals surface area contributed by atoms with E-state index in [-0.39, 0.29) is 6.04 Å². The van der Waals surface area contributed by atoms with Crippen LogP contribution >= 0.6 is 0 Å². The monoisotopic (exact) mass is 293 g/mol. The fourth-order valence-corrected chi connectivity index (χ4v) is 3.48. The highest BCUT2D eigenvalue weighted by Gasteiger charge is 2.28. The van der Waals surface area contributed by atoms with Gasteiger partial charge in [-0.1, -0.05) is 31.3 Å². The second-order valence-electron chi connectivity index (χ2n) is 6.43. The second kappa shape index (κ2) is 7.36. The number of nitrogens with zero attached hydrogens (tertiary/aromatic N) is 2. The number of unbranched alkanes of at least 4 members (excludes halogenated alkanes) is 1. The Morgan fingerprint density at radius 2 is 2.10 bits per heavy atom. The Labute approximate surface area is 126 Å². The number of morpholine rings is 1. The van der Waals surface area contributed by atoms with Crippen molar-refractivity contribution in [3.8, 4) is 0 Å². The first-order valence-electron chi connectivity index (χ1n) is 8.51. The highest BCUT2D eigenvalue weighted by Crippen LogP contribution is 2.37. The van der Waals surface area contributed by atoms with Crippen molar-refractivity contribution >= 4 is 0 Å². The lowest BCUT2D eigenvalue weighted by molar-refractivity contribution is 0.0734. The van der Waals surface area contributed by atoms with Crippen molar-refractivity contribution in [2.24, 2.45) is 5.92 Å². The summed E-state index contributed by atoms with van der Waals surface area (Å²) >= 11 is 0. The van der Waals surface area contributed by atoms with Gasteiger partial charge in [0, 0.05) is 12.5 Å². The van der Waals surface area contributed by atoms with E-state index in [1.165, 1.54) is 44.9 Å². The number of hydrogen-bond donors (Lipinski definition) is 1. The molecule has 5 heteroatoms. The molecule has 118 valence electrons. The van der Waals surface area contributed by atoms with Crippen molar-refractivity contribution in [1.82, 2.24) is 15.5 Å². The Hall–Kier alpha value is -0.940. The summed E-state index contributed by atoms with van der Waals surface area (Å²) in [5.41, 5.74) is 0. The molecule has 21 heavy (non-hydrogen) atoms. The van der Waals surface area contributed by atoms with E-state index in [9.17, 15) is 0 Å². The minimum absolute atomic E-state index is 0.0946. The van der Waals surface area contributed by atoms with E-state index in [1.54, 1.807) is 0 Å². The van der Waals surface area contributed by atoms with Crippen molar-refractivity contribution in [3.63, 3.8) is 0 Å². The molecule has 2 heterocycles. The summed E-state index contributed by atoms with van der Waals surface area (Å²) in [6, 6.07) is 0.0946. The van der Waals surface area contributed by atoms with Crippen molar-refractivity contribution in [3.05, 3.63) is 11.7 Å². The summed E-state index contributed by atoms with van der Waals surface area (Å²) in [6.45, 7) is 4.54. The van der Waals surface area contributed by atoms with Crippen molar-refractivity contribution in [2.45, 2.75) is 63.8 Å². The van der Waals surface area contributed by atoms with Gasteiger partial charge in [0.05, 0.1) is 19.3 Å². The van der Waals surface area contributed by atoms with Gasteiger partial charge in [-0.2, -0.15) is 4.98 Å². The lowest BCUT2D eigenvalue weighted by Gasteiger charge is -2.26. The van der Waals surface area contributed by atoms with Crippen LogP contribution in [0.5, 0.6) is 0 Å². The molecule has 1 aromatic heterocycles. The fourth-order valence-electron chi connectivity index (χ4n) is 3.48. The molecule has 0 bridgehead atoms. The predicted molar refractivity (Wildman–Crippen MR) is 80.1 cm³/mol. The summed E-state index contributed by atoms with van der Waals surface area (Å²) in [5, 5.41) is 7.53. The molecule has 0 radical (unpaired) electrons. The third-order valence-corrected chi connectivity index (χ3v) is 4.85. The third-order valence-electron chi connectivity index (χ3n) is 4.85. The number of aromatic nitrogens is 2. The predicted octanol–water partition coefficient (Wildman–Crippen LogP) is 3.19. The van der Waals surface area contributed by atoms with Gasteiger partial charge in [-0.05, 0) is 31.6 Å². The Bertz CT molecular complexity index is 421. The molecule has 1 N–H and O–H groups in total. The zero-order chi connectivity index (χ0) is 14.5. The Balaban J connectivity index is 1.52. The molecule has 0 amide bonds. The average molecular weight is 293 g/mol. The van der Waals surface area contributed by atoms with Crippen LogP contribution in [0.25, 0.3) is 0 Å². The lowest BCUT2D eigenvalue weighted by atomic mass is 9.80. The van der Waals surface area contributed by atoms with Crippen LogP contribution < -0.4 is 5.32 Å². The van der Waals surface area contributed by atoms with E-state index < -0.39 is 0 Å².